The van der Waals surface area contributed by atoms with Gasteiger partial charge in [0.25, 0.3) is 0 Å². The second-order valence-electron chi connectivity index (χ2n) is 4.27. The molecule has 0 aliphatic heterocycles. The van der Waals surface area contributed by atoms with Gasteiger partial charge in [-0.3, -0.25) is 0 Å². The Balaban J connectivity index is 2.22. The maximum atomic E-state index is 13.2. The molecule has 0 saturated heterocycles. The Morgan fingerprint density at radius 2 is 2.17 bits per heavy atom. The van der Waals surface area contributed by atoms with E-state index in [0.717, 1.165) is 16.9 Å². The first-order chi connectivity index (χ1) is 8.60. The van der Waals surface area contributed by atoms with Crippen molar-refractivity contribution >= 4 is 11.6 Å². The smallest absolute Gasteiger partial charge is 0.123 e. The van der Waals surface area contributed by atoms with Crippen LogP contribution in [0.1, 0.15) is 22.9 Å². The molecule has 0 fully saturated rings. The van der Waals surface area contributed by atoms with Crippen LogP contribution >= 0.6 is 11.6 Å². The molecule has 1 atom stereocenters. The number of hydrogen-bond donors (Lipinski definition) is 1. The Labute approximate surface area is 111 Å². The number of furan rings is 1. The molecule has 0 amide bonds. The first-order valence-corrected chi connectivity index (χ1v) is 6.14. The highest BCUT2D eigenvalue weighted by molar-refractivity contribution is 6.31. The van der Waals surface area contributed by atoms with Crippen LogP contribution in [0.15, 0.2) is 34.9 Å². The highest BCUT2D eigenvalue weighted by atomic mass is 35.5. The predicted octanol–water partition coefficient (Wildman–Crippen LogP) is 3.88. The molecule has 0 bridgehead atoms. The van der Waals surface area contributed by atoms with Gasteiger partial charge >= 0.3 is 0 Å². The third-order valence-corrected chi connectivity index (χ3v) is 3.30. The molecule has 1 N–H and O–H groups in total. The Morgan fingerprint density at radius 1 is 1.39 bits per heavy atom. The molecule has 1 heterocycles. The first-order valence-electron chi connectivity index (χ1n) is 5.76. The fourth-order valence-electron chi connectivity index (χ4n) is 1.95. The Kier molecular flexibility index (Phi) is 4.04. The van der Waals surface area contributed by atoms with Crippen LogP contribution in [-0.2, 0) is 6.42 Å². The fraction of sp³-hybridized carbons (Fsp3) is 0.286. The van der Waals surface area contributed by atoms with E-state index in [1.165, 1.54) is 12.1 Å². The summed E-state index contributed by atoms with van der Waals surface area (Å²) in [5.41, 5.74) is 1.82. The van der Waals surface area contributed by atoms with Crippen LogP contribution in [0.3, 0.4) is 0 Å². The monoisotopic (exact) mass is 267 g/mol. The summed E-state index contributed by atoms with van der Waals surface area (Å²) in [7, 11) is 1.86. The molecular weight excluding hydrogens is 253 g/mol. The van der Waals surface area contributed by atoms with Crippen LogP contribution in [0.2, 0.25) is 5.02 Å². The van der Waals surface area contributed by atoms with Crippen molar-refractivity contribution in [2.45, 2.75) is 19.4 Å². The summed E-state index contributed by atoms with van der Waals surface area (Å²) in [6, 6.07) is 6.44. The lowest BCUT2D eigenvalue weighted by Gasteiger charge is -2.15. The van der Waals surface area contributed by atoms with E-state index in [9.17, 15) is 4.39 Å². The first kappa shape index (κ1) is 13.1. The molecule has 0 aliphatic carbocycles. The van der Waals surface area contributed by atoms with Crippen LogP contribution in [0, 0.1) is 12.7 Å². The number of aryl methyl sites for hydroxylation is 1. The Bertz CT molecular complexity index is 538. The largest absolute Gasteiger partial charge is 0.469 e. The van der Waals surface area contributed by atoms with Crippen molar-refractivity contribution in [3.05, 3.63) is 58.3 Å². The summed E-state index contributed by atoms with van der Waals surface area (Å²) < 4.78 is 18.5. The minimum Gasteiger partial charge on any atom is -0.469 e. The lowest BCUT2D eigenvalue weighted by atomic mass is 10.0. The molecule has 1 aromatic heterocycles. The predicted molar refractivity (Wildman–Crippen MR) is 70.4 cm³/mol. The third kappa shape index (κ3) is 2.92. The van der Waals surface area contributed by atoms with Gasteiger partial charge in [-0.15, -0.1) is 0 Å². The quantitative estimate of drug-likeness (QED) is 0.909. The average molecular weight is 268 g/mol. The van der Waals surface area contributed by atoms with Crippen molar-refractivity contribution in [2.24, 2.45) is 0 Å². The molecule has 0 radical (unpaired) electrons. The van der Waals surface area contributed by atoms with Crippen molar-refractivity contribution in [2.75, 3.05) is 7.05 Å². The molecule has 0 saturated carbocycles. The standard InChI is InChI=1S/C14H15ClFNO/c1-9-5-11(8-18-9)14(17-2)7-10-6-12(16)3-4-13(10)15/h3-6,8,14,17H,7H2,1-2H3. The number of likely N-dealkylation sites (N-methyl/N-ethyl adjacent to an activating group) is 1. The van der Waals surface area contributed by atoms with Crippen molar-refractivity contribution in [1.29, 1.82) is 0 Å². The molecule has 1 aromatic carbocycles. The average Bonchev–Trinajstić information content (AvgIpc) is 2.77. The van der Waals surface area contributed by atoms with Gasteiger partial charge in [-0.25, -0.2) is 4.39 Å². The second kappa shape index (κ2) is 5.55. The highest BCUT2D eigenvalue weighted by Crippen LogP contribution is 2.25. The van der Waals surface area contributed by atoms with E-state index >= 15 is 0 Å². The van der Waals surface area contributed by atoms with Gasteiger partial charge < -0.3 is 9.73 Å². The molecule has 0 spiro atoms. The SMILES string of the molecule is CNC(Cc1cc(F)ccc1Cl)c1coc(C)c1. The van der Waals surface area contributed by atoms with Crippen LogP contribution in [0.4, 0.5) is 4.39 Å². The van der Waals surface area contributed by atoms with E-state index in [2.05, 4.69) is 5.32 Å². The minimum absolute atomic E-state index is 0.0572. The molecular formula is C14H15ClFNO. The zero-order valence-electron chi connectivity index (χ0n) is 10.3. The summed E-state index contributed by atoms with van der Waals surface area (Å²) in [4.78, 5) is 0. The summed E-state index contributed by atoms with van der Waals surface area (Å²) in [6.45, 7) is 1.89. The topological polar surface area (TPSA) is 25.2 Å². The molecule has 4 heteroatoms. The number of hydrogen-bond acceptors (Lipinski definition) is 2. The molecule has 18 heavy (non-hydrogen) atoms. The van der Waals surface area contributed by atoms with Crippen LogP contribution in [0.25, 0.3) is 0 Å². The van der Waals surface area contributed by atoms with Gasteiger partial charge in [0.1, 0.15) is 11.6 Å². The van der Waals surface area contributed by atoms with Gasteiger partial charge in [0.2, 0.25) is 0 Å². The molecule has 1 unspecified atom stereocenters. The lowest BCUT2D eigenvalue weighted by molar-refractivity contribution is 0.520. The maximum Gasteiger partial charge on any atom is 0.123 e. The van der Waals surface area contributed by atoms with E-state index in [4.69, 9.17) is 16.0 Å². The summed E-state index contributed by atoms with van der Waals surface area (Å²) in [5.74, 6) is 0.586. The molecule has 2 rings (SSSR count). The van der Waals surface area contributed by atoms with Gasteiger partial charge in [-0.1, -0.05) is 11.6 Å². The van der Waals surface area contributed by atoms with E-state index in [1.54, 1.807) is 12.3 Å². The highest BCUT2D eigenvalue weighted by Gasteiger charge is 2.14. The number of halogens is 2. The second-order valence-corrected chi connectivity index (χ2v) is 4.68. The van der Waals surface area contributed by atoms with Crippen molar-refractivity contribution in [3.63, 3.8) is 0 Å². The summed E-state index contributed by atoms with van der Waals surface area (Å²) >= 11 is 6.07. The summed E-state index contributed by atoms with van der Waals surface area (Å²) in [5, 5.41) is 3.77. The van der Waals surface area contributed by atoms with E-state index in [-0.39, 0.29) is 11.9 Å². The number of rotatable bonds is 4. The van der Waals surface area contributed by atoms with Crippen LogP contribution in [-0.4, -0.2) is 7.05 Å². The van der Waals surface area contributed by atoms with Crippen molar-refractivity contribution in [3.8, 4) is 0 Å². The van der Waals surface area contributed by atoms with Crippen LogP contribution in [0.5, 0.6) is 0 Å². The maximum absolute atomic E-state index is 13.2. The molecule has 0 aliphatic rings. The zero-order valence-corrected chi connectivity index (χ0v) is 11.1. The van der Waals surface area contributed by atoms with Gasteiger partial charge in [-0.2, -0.15) is 0 Å². The lowest BCUT2D eigenvalue weighted by Crippen LogP contribution is -2.18. The van der Waals surface area contributed by atoms with Gasteiger partial charge in [0.15, 0.2) is 0 Å². The Morgan fingerprint density at radius 3 is 2.78 bits per heavy atom. The van der Waals surface area contributed by atoms with E-state index < -0.39 is 0 Å². The van der Waals surface area contributed by atoms with E-state index in [0.29, 0.717) is 11.4 Å². The molecule has 96 valence electrons. The van der Waals surface area contributed by atoms with Gasteiger partial charge in [-0.05, 0) is 50.2 Å². The number of nitrogens with one attached hydrogen (secondary N) is 1. The Hall–Kier alpha value is -1.32. The summed E-state index contributed by atoms with van der Waals surface area (Å²) in [6.07, 6.45) is 2.33. The zero-order chi connectivity index (χ0) is 13.1. The van der Waals surface area contributed by atoms with Gasteiger partial charge in [0, 0.05) is 16.6 Å². The van der Waals surface area contributed by atoms with Crippen molar-refractivity contribution < 1.29 is 8.81 Å². The fourth-order valence-corrected chi connectivity index (χ4v) is 2.15. The molecule has 2 nitrogen and oxygen atoms in total. The minimum atomic E-state index is -0.271. The number of benzene rings is 1. The third-order valence-electron chi connectivity index (χ3n) is 2.93. The van der Waals surface area contributed by atoms with Crippen molar-refractivity contribution in [1.82, 2.24) is 5.32 Å². The van der Waals surface area contributed by atoms with Gasteiger partial charge in [0.05, 0.1) is 6.26 Å². The van der Waals surface area contributed by atoms with E-state index in [1.807, 2.05) is 20.0 Å². The normalized spacial score (nSPS) is 12.7. The molecule has 2 aromatic rings. The van der Waals surface area contributed by atoms with Crippen LogP contribution < -0.4 is 5.32 Å².